The molecule has 10 heavy (non-hydrogen) atoms. The van der Waals surface area contributed by atoms with E-state index in [1.165, 1.54) is 6.20 Å². The highest BCUT2D eigenvalue weighted by Crippen LogP contribution is 1.96. The quantitative estimate of drug-likeness (QED) is 0.520. The highest BCUT2D eigenvalue weighted by molar-refractivity contribution is 5.66. The molecule has 2 rings (SSSR count). The number of aromatic amines is 1. The van der Waals surface area contributed by atoms with E-state index >= 15 is 0 Å². The van der Waals surface area contributed by atoms with Gasteiger partial charge in [-0.2, -0.15) is 10.1 Å². The summed E-state index contributed by atoms with van der Waals surface area (Å²) in [6, 6.07) is 0. The smallest absolute Gasteiger partial charge is 0.294 e. The van der Waals surface area contributed by atoms with Gasteiger partial charge in [0.1, 0.15) is 5.52 Å². The molecule has 0 unspecified atom stereocenters. The summed E-state index contributed by atoms with van der Waals surface area (Å²) in [6.45, 7) is 0. The third-order valence-electron chi connectivity index (χ3n) is 1.03. The monoisotopic (exact) mass is 138 g/mol. The minimum absolute atomic E-state index is 0.375. The van der Waals surface area contributed by atoms with Crippen molar-refractivity contribution in [2.24, 2.45) is 0 Å². The predicted octanol–water partition coefficient (Wildman–Crippen LogP) is -0.694. The molecule has 0 saturated carbocycles. The van der Waals surface area contributed by atoms with Gasteiger partial charge in [0.15, 0.2) is 0 Å². The van der Waals surface area contributed by atoms with Crippen molar-refractivity contribution in [1.82, 2.24) is 20.3 Å². The van der Waals surface area contributed by atoms with Gasteiger partial charge in [-0.25, -0.2) is 4.79 Å². The molecular weight excluding hydrogens is 136 g/mol. The summed E-state index contributed by atoms with van der Waals surface area (Å²) >= 11 is 0. The fourth-order valence-corrected chi connectivity index (χ4v) is 0.625. The maximum absolute atomic E-state index is 10.4. The van der Waals surface area contributed by atoms with Gasteiger partial charge in [-0.3, -0.25) is 9.62 Å². The van der Waals surface area contributed by atoms with E-state index in [0.29, 0.717) is 11.2 Å². The minimum atomic E-state index is -0.714. The number of H-pyrrole nitrogens is 1. The van der Waals surface area contributed by atoms with Crippen molar-refractivity contribution >= 4 is 11.2 Å². The van der Waals surface area contributed by atoms with Crippen LogP contribution in [0.1, 0.15) is 0 Å². The second-order valence-electron chi connectivity index (χ2n) is 1.66. The lowest BCUT2D eigenvalue weighted by Gasteiger charge is -1.78. The van der Waals surface area contributed by atoms with E-state index in [0.717, 1.165) is 0 Å². The Bertz CT molecular complexity index is 403. The molecule has 6 nitrogen and oxygen atoms in total. The van der Waals surface area contributed by atoms with Crippen LogP contribution in [-0.4, -0.2) is 20.3 Å². The standard InChI is InChI=1S/C4H2N4O2/c9-4-6-2-1-5-7-3(2)8-10-4/h1H,(H,7,8). The number of fused-ring (bicyclic) bond motifs is 1. The van der Waals surface area contributed by atoms with Crippen LogP contribution in [-0.2, 0) is 0 Å². The topological polar surface area (TPSA) is 84.7 Å². The lowest BCUT2D eigenvalue weighted by Crippen LogP contribution is -2.03. The summed E-state index contributed by atoms with van der Waals surface area (Å²) in [4.78, 5) is 13.9. The minimum Gasteiger partial charge on any atom is -0.294 e. The Kier molecular flexibility index (Phi) is 0.830. The van der Waals surface area contributed by atoms with Crippen LogP contribution >= 0.6 is 0 Å². The van der Waals surface area contributed by atoms with E-state index in [-0.39, 0.29) is 0 Å². The van der Waals surface area contributed by atoms with Gasteiger partial charge in [-0.1, -0.05) is 5.16 Å². The second kappa shape index (κ2) is 1.63. The van der Waals surface area contributed by atoms with E-state index in [1.54, 1.807) is 0 Å². The summed E-state index contributed by atoms with van der Waals surface area (Å²) in [7, 11) is 0. The molecule has 2 aromatic heterocycles. The average molecular weight is 138 g/mol. The lowest BCUT2D eigenvalue weighted by atomic mass is 10.6. The molecule has 1 N–H and O–H groups in total. The summed E-state index contributed by atoms with van der Waals surface area (Å²) in [5.41, 5.74) is 0.788. The van der Waals surface area contributed by atoms with E-state index in [9.17, 15) is 4.79 Å². The van der Waals surface area contributed by atoms with Crippen LogP contribution < -0.4 is 5.76 Å². The van der Waals surface area contributed by atoms with E-state index in [4.69, 9.17) is 0 Å². The molecule has 0 aliphatic carbocycles. The lowest BCUT2D eigenvalue weighted by molar-refractivity contribution is 0.362. The molecule has 0 spiro atoms. The molecule has 6 heteroatoms. The average Bonchev–Trinajstić information content (AvgIpc) is 2.33. The maximum Gasteiger partial charge on any atom is 0.460 e. The van der Waals surface area contributed by atoms with Crippen LogP contribution in [0.15, 0.2) is 15.5 Å². The Balaban J connectivity index is 2.99. The van der Waals surface area contributed by atoms with E-state index < -0.39 is 5.76 Å². The van der Waals surface area contributed by atoms with Crippen LogP contribution in [0, 0.1) is 0 Å². The molecule has 0 radical (unpaired) electrons. The zero-order chi connectivity index (χ0) is 6.97. The zero-order valence-corrected chi connectivity index (χ0v) is 4.74. The maximum atomic E-state index is 10.4. The number of hydrogen-bond donors (Lipinski definition) is 1. The van der Waals surface area contributed by atoms with Gasteiger partial charge in [-0.15, -0.1) is 0 Å². The van der Waals surface area contributed by atoms with Crippen molar-refractivity contribution in [3.8, 4) is 0 Å². The Hall–Kier alpha value is -1.72. The number of nitrogens with one attached hydrogen (secondary N) is 1. The SMILES string of the molecule is O=c1nc2cn[nH]c2no1. The summed E-state index contributed by atoms with van der Waals surface area (Å²) in [6.07, 6.45) is 1.40. The molecule has 50 valence electrons. The largest absolute Gasteiger partial charge is 0.460 e. The van der Waals surface area contributed by atoms with Crippen LogP contribution in [0.25, 0.3) is 11.2 Å². The Morgan fingerprint density at radius 2 is 2.50 bits per heavy atom. The molecular formula is C4H2N4O2. The fraction of sp³-hybridized carbons (Fsp3) is 0. The molecule has 0 atom stereocenters. The normalized spacial score (nSPS) is 10.4. The summed E-state index contributed by atoms with van der Waals surface area (Å²) in [5, 5.41) is 9.46. The summed E-state index contributed by atoms with van der Waals surface area (Å²) < 4.78 is 4.21. The first-order valence-electron chi connectivity index (χ1n) is 2.53. The third kappa shape index (κ3) is 0.586. The molecule has 2 heterocycles. The Morgan fingerprint density at radius 1 is 1.60 bits per heavy atom. The first kappa shape index (κ1) is 5.10. The van der Waals surface area contributed by atoms with Gasteiger partial charge < -0.3 is 0 Å². The molecule has 0 aromatic carbocycles. The molecule has 2 aromatic rings. The van der Waals surface area contributed by atoms with Gasteiger partial charge >= 0.3 is 5.76 Å². The van der Waals surface area contributed by atoms with Crippen LogP contribution in [0.5, 0.6) is 0 Å². The van der Waals surface area contributed by atoms with Crippen molar-refractivity contribution < 1.29 is 4.52 Å². The second-order valence-corrected chi connectivity index (χ2v) is 1.66. The van der Waals surface area contributed by atoms with Crippen LogP contribution in [0.4, 0.5) is 0 Å². The molecule has 0 fully saturated rings. The highest BCUT2D eigenvalue weighted by Gasteiger charge is 1.98. The molecule has 0 aliphatic heterocycles. The van der Waals surface area contributed by atoms with Gasteiger partial charge in [0.2, 0.25) is 5.65 Å². The molecule has 0 aliphatic rings. The first-order valence-corrected chi connectivity index (χ1v) is 2.53. The van der Waals surface area contributed by atoms with Gasteiger partial charge in [0, 0.05) is 0 Å². The molecule has 0 amide bonds. The predicted molar refractivity (Wildman–Crippen MR) is 30.2 cm³/mol. The summed E-state index contributed by atoms with van der Waals surface area (Å²) in [5.74, 6) is -0.714. The molecule has 0 bridgehead atoms. The van der Waals surface area contributed by atoms with Crippen molar-refractivity contribution in [3.63, 3.8) is 0 Å². The zero-order valence-electron chi connectivity index (χ0n) is 4.74. The van der Waals surface area contributed by atoms with Crippen molar-refractivity contribution in [2.45, 2.75) is 0 Å². The number of nitrogens with zero attached hydrogens (tertiary/aromatic N) is 3. The third-order valence-corrected chi connectivity index (χ3v) is 1.03. The molecule has 0 saturated heterocycles. The van der Waals surface area contributed by atoms with Gasteiger partial charge in [0.05, 0.1) is 6.20 Å². The van der Waals surface area contributed by atoms with Crippen LogP contribution in [0.2, 0.25) is 0 Å². The van der Waals surface area contributed by atoms with Gasteiger partial charge in [0.25, 0.3) is 0 Å². The number of hydrogen-bond acceptors (Lipinski definition) is 5. The van der Waals surface area contributed by atoms with E-state index in [2.05, 4.69) is 24.9 Å². The highest BCUT2D eigenvalue weighted by atomic mass is 16.5. The Morgan fingerprint density at radius 3 is 3.40 bits per heavy atom. The van der Waals surface area contributed by atoms with Crippen molar-refractivity contribution in [2.75, 3.05) is 0 Å². The Labute approximate surface area is 53.9 Å². The van der Waals surface area contributed by atoms with E-state index in [1.807, 2.05) is 0 Å². The van der Waals surface area contributed by atoms with Crippen molar-refractivity contribution in [1.29, 1.82) is 0 Å². The number of aromatic nitrogens is 4. The van der Waals surface area contributed by atoms with Crippen LogP contribution in [0.3, 0.4) is 0 Å². The van der Waals surface area contributed by atoms with Gasteiger partial charge in [-0.05, 0) is 0 Å². The first-order chi connectivity index (χ1) is 4.86. The van der Waals surface area contributed by atoms with Crippen molar-refractivity contribution in [3.05, 3.63) is 16.7 Å². The number of rotatable bonds is 0. The fourth-order valence-electron chi connectivity index (χ4n) is 0.625.